The van der Waals surface area contributed by atoms with Crippen LogP contribution in [0.15, 0.2) is 29.3 Å². The second kappa shape index (κ2) is 8.37. The van der Waals surface area contributed by atoms with E-state index in [1.807, 2.05) is 6.92 Å². The summed E-state index contributed by atoms with van der Waals surface area (Å²) < 4.78 is 28.8. The Hall–Kier alpha value is -2.66. The van der Waals surface area contributed by atoms with Crippen LogP contribution < -0.4 is 16.2 Å². The second-order valence-electron chi connectivity index (χ2n) is 7.65. The van der Waals surface area contributed by atoms with Gasteiger partial charge in [0.2, 0.25) is 10.0 Å². The van der Waals surface area contributed by atoms with Crippen LogP contribution in [-0.4, -0.2) is 46.6 Å². The van der Waals surface area contributed by atoms with Crippen molar-refractivity contribution in [3.05, 3.63) is 30.1 Å². The molecule has 158 valence electrons. The topological polar surface area (TPSA) is 121 Å². The summed E-state index contributed by atoms with van der Waals surface area (Å²) >= 11 is 0. The van der Waals surface area contributed by atoms with Crippen molar-refractivity contribution < 1.29 is 13.2 Å². The van der Waals surface area contributed by atoms with E-state index in [0.29, 0.717) is 36.6 Å². The number of aryl methyl sites for hydroxylation is 2. The number of hydrogen-bond donors (Lipinski definition) is 3. The quantitative estimate of drug-likeness (QED) is 0.635. The molecule has 10 nitrogen and oxygen atoms in total. The first-order chi connectivity index (χ1) is 13.6. The molecule has 2 atom stereocenters. The number of hydrazine groups is 1. The van der Waals surface area contributed by atoms with Gasteiger partial charge in [0.05, 0.1) is 5.69 Å². The molecule has 0 saturated carbocycles. The van der Waals surface area contributed by atoms with Crippen LogP contribution in [0.4, 0.5) is 16.4 Å². The van der Waals surface area contributed by atoms with Crippen LogP contribution in [0.5, 0.6) is 0 Å². The lowest BCUT2D eigenvalue weighted by Crippen LogP contribution is -2.42. The highest BCUT2D eigenvalue weighted by molar-refractivity contribution is 7.89. The first kappa shape index (κ1) is 21.1. The van der Waals surface area contributed by atoms with Gasteiger partial charge in [0.15, 0.2) is 0 Å². The number of piperidine rings is 1. The summed E-state index contributed by atoms with van der Waals surface area (Å²) in [7, 11) is -1.86. The predicted octanol–water partition coefficient (Wildman–Crippen LogP) is 1.94. The van der Waals surface area contributed by atoms with Gasteiger partial charge in [0, 0.05) is 32.4 Å². The van der Waals surface area contributed by atoms with Crippen LogP contribution in [0, 0.1) is 18.8 Å². The molecule has 0 radical (unpaired) electrons. The van der Waals surface area contributed by atoms with Gasteiger partial charge >= 0.3 is 6.03 Å². The maximum Gasteiger partial charge on any atom is 0.339 e. The number of anilines is 2. The van der Waals surface area contributed by atoms with Crippen molar-refractivity contribution in [3.8, 4) is 0 Å². The molecule has 2 aromatic heterocycles. The van der Waals surface area contributed by atoms with Gasteiger partial charge in [-0.05, 0) is 37.3 Å². The van der Waals surface area contributed by atoms with Gasteiger partial charge in [0.25, 0.3) is 0 Å². The van der Waals surface area contributed by atoms with E-state index in [1.54, 1.807) is 17.8 Å². The number of carbonyl (C=O) groups excluding carboxylic acids is 1. The molecule has 0 spiro atoms. The molecule has 11 heteroatoms. The van der Waals surface area contributed by atoms with E-state index < -0.39 is 16.1 Å². The molecule has 3 heterocycles. The van der Waals surface area contributed by atoms with Gasteiger partial charge in [-0.3, -0.25) is 20.9 Å². The Morgan fingerprint density at radius 3 is 2.45 bits per heavy atom. The minimum atomic E-state index is -3.59. The number of rotatable bonds is 5. The second-order valence-corrected chi connectivity index (χ2v) is 9.58. The number of nitrogens with zero attached hydrogens (tertiary/aromatic N) is 4. The predicted molar refractivity (Wildman–Crippen MR) is 110 cm³/mol. The number of nitrogens with one attached hydrogen (secondary N) is 3. The van der Waals surface area contributed by atoms with E-state index in [4.69, 9.17) is 0 Å². The van der Waals surface area contributed by atoms with Crippen molar-refractivity contribution in [1.82, 2.24) is 24.5 Å². The van der Waals surface area contributed by atoms with Gasteiger partial charge in [-0.15, -0.1) is 0 Å². The summed E-state index contributed by atoms with van der Waals surface area (Å²) in [5.74, 6) is 1.52. The third-order valence-electron chi connectivity index (χ3n) is 4.76. The van der Waals surface area contributed by atoms with Crippen molar-refractivity contribution in [2.45, 2.75) is 32.1 Å². The number of hydrogen-bond acceptors (Lipinski definition) is 6. The monoisotopic (exact) mass is 421 g/mol. The Bertz CT molecular complexity index is 962. The van der Waals surface area contributed by atoms with Crippen LogP contribution >= 0.6 is 0 Å². The van der Waals surface area contributed by atoms with Gasteiger partial charge in [-0.2, -0.15) is 9.40 Å². The molecule has 0 bridgehead atoms. The maximum atomic E-state index is 12.9. The third kappa shape index (κ3) is 5.04. The lowest BCUT2D eigenvalue weighted by molar-refractivity contribution is 0.222. The Balaban J connectivity index is 1.59. The minimum Gasteiger partial charge on any atom is -0.291 e. The molecule has 1 aliphatic rings. The molecular weight excluding hydrogens is 394 g/mol. The highest BCUT2D eigenvalue weighted by atomic mass is 32.2. The van der Waals surface area contributed by atoms with E-state index in [2.05, 4.69) is 40.1 Å². The molecule has 1 saturated heterocycles. The van der Waals surface area contributed by atoms with Crippen LogP contribution in [0.3, 0.4) is 0 Å². The molecule has 0 aromatic carbocycles. The Labute approximate surface area is 170 Å². The average molecular weight is 422 g/mol. The summed E-state index contributed by atoms with van der Waals surface area (Å²) in [6.07, 6.45) is 2.32. The molecular formula is C18H27N7O3S. The molecule has 3 N–H and O–H groups in total. The van der Waals surface area contributed by atoms with E-state index in [0.717, 1.165) is 12.1 Å². The van der Waals surface area contributed by atoms with Crippen molar-refractivity contribution in [2.24, 2.45) is 18.9 Å². The van der Waals surface area contributed by atoms with Crippen molar-refractivity contribution in [3.63, 3.8) is 0 Å². The largest absolute Gasteiger partial charge is 0.339 e. The summed E-state index contributed by atoms with van der Waals surface area (Å²) in [6, 6.07) is 4.24. The van der Waals surface area contributed by atoms with Gasteiger partial charge < -0.3 is 0 Å². The molecule has 29 heavy (non-hydrogen) atoms. The van der Waals surface area contributed by atoms with Gasteiger partial charge in [-0.25, -0.2) is 18.2 Å². The Morgan fingerprint density at radius 2 is 1.90 bits per heavy atom. The van der Waals surface area contributed by atoms with Crippen LogP contribution in [0.1, 0.15) is 26.0 Å². The fourth-order valence-corrected chi connectivity index (χ4v) is 5.18. The lowest BCUT2D eigenvalue weighted by Gasteiger charge is -2.33. The summed E-state index contributed by atoms with van der Waals surface area (Å²) in [6.45, 7) is 6.98. The zero-order chi connectivity index (χ0) is 21.2. The molecule has 3 rings (SSSR count). The minimum absolute atomic E-state index is 0.138. The number of carbonyl (C=O) groups is 1. The maximum absolute atomic E-state index is 12.9. The van der Waals surface area contributed by atoms with Gasteiger partial charge in [-0.1, -0.05) is 13.8 Å². The van der Waals surface area contributed by atoms with E-state index >= 15 is 0 Å². The average Bonchev–Trinajstić information content (AvgIpc) is 2.96. The van der Waals surface area contributed by atoms with E-state index in [1.165, 1.54) is 22.6 Å². The highest BCUT2D eigenvalue weighted by Gasteiger charge is 2.31. The molecule has 2 amide bonds. The van der Waals surface area contributed by atoms with Gasteiger partial charge in [0.1, 0.15) is 16.5 Å². The van der Waals surface area contributed by atoms with E-state index in [-0.39, 0.29) is 4.90 Å². The number of pyridine rings is 1. The van der Waals surface area contributed by atoms with Crippen LogP contribution in [0.25, 0.3) is 0 Å². The number of amides is 2. The molecule has 1 aliphatic heterocycles. The zero-order valence-corrected chi connectivity index (χ0v) is 17.8. The molecule has 0 aliphatic carbocycles. The molecule has 2 aromatic rings. The fraction of sp³-hybridized carbons (Fsp3) is 0.500. The van der Waals surface area contributed by atoms with Crippen molar-refractivity contribution in [1.29, 1.82) is 0 Å². The first-order valence-electron chi connectivity index (χ1n) is 9.45. The molecule has 1 fully saturated rings. The Kier molecular flexibility index (Phi) is 6.08. The molecule has 2 unspecified atom stereocenters. The standard InChI is InChI=1S/C18H27N7O3S/c1-12-7-13(2)11-25(10-12)29(27,28)15-5-6-16(19-9-15)21-22-18(26)20-17-8-14(3)23-24(17)4/h5-6,8-9,12-13H,7,10-11H2,1-4H3,(H,19,21)(H2,20,22,26). The summed E-state index contributed by atoms with van der Waals surface area (Å²) in [5, 5.41) is 6.79. The third-order valence-corrected chi connectivity index (χ3v) is 6.57. The highest BCUT2D eigenvalue weighted by Crippen LogP contribution is 2.26. The number of urea groups is 1. The summed E-state index contributed by atoms with van der Waals surface area (Å²) in [4.78, 5) is 16.2. The van der Waals surface area contributed by atoms with E-state index in [9.17, 15) is 13.2 Å². The van der Waals surface area contributed by atoms with Crippen LogP contribution in [0.2, 0.25) is 0 Å². The fourth-order valence-electron chi connectivity index (χ4n) is 3.55. The van der Waals surface area contributed by atoms with Crippen molar-refractivity contribution in [2.75, 3.05) is 23.8 Å². The smallest absolute Gasteiger partial charge is 0.291 e. The normalized spacial score (nSPS) is 20.3. The number of sulfonamides is 1. The first-order valence-corrected chi connectivity index (χ1v) is 10.9. The summed E-state index contributed by atoms with van der Waals surface area (Å²) in [5.41, 5.74) is 5.89. The van der Waals surface area contributed by atoms with Crippen LogP contribution in [-0.2, 0) is 17.1 Å². The lowest BCUT2D eigenvalue weighted by atomic mass is 9.94. The Morgan fingerprint density at radius 1 is 1.21 bits per heavy atom. The zero-order valence-electron chi connectivity index (χ0n) is 17.0. The number of aromatic nitrogens is 3. The SMILES string of the molecule is Cc1cc(NC(=O)NNc2ccc(S(=O)(=O)N3CC(C)CC(C)C3)cn2)n(C)n1. The van der Waals surface area contributed by atoms with Crippen molar-refractivity contribution >= 4 is 27.7 Å².